The molecule has 7 heteroatoms. The molecule has 0 aliphatic rings. The molecule has 25 heavy (non-hydrogen) atoms. The zero-order valence-corrected chi connectivity index (χ0v) is 13.6. The average molecular weight is 343 g/mol. The summed E-state index contributed by atoms with van der Waals surface area (Å²) in [4.78, 5) is 25.0. The summed E-state index contributed by atoms with van der Waals surface area (Å²) < 4.78 is 29.3. The number of nitrogens with zero attached hydrogens (tertiary/aromatic N) is 2. The summed E-state index contributed by atoms with van der Waals surface area (Å²) in [6.45, 7) is 1.68. The van der Waals surface area contributed by atoms with E-state index in [1.54, 1.807) is 42.9 Å². The summed E-state index contributed by atoms with van der Waals surface area (Å²) in [5.41, 5.74) is 0.771. The summed E-state index contributed by atoms with van der Waals surface area (Å²) >= 11 is 0. The summed E-state index contributed by atoms with van der Waals surface area (Å²) in [5, 5.41) is 2.49. The van der Waals surface area contributed by atoms with Gasteiger partial charge >= 0.3 is 0 Å². The molecule has 2 aromatic carbocycles. The van der Waals surface area contributed by atoms with Crippen molar-refractivity contribution in [2.75, 3.05) is 5.32 Å². The fraction of sp³-hybridized carbons (Fsp3) is 0.111. The number of amides is 1. The third-order valence-corrected chi connectivity index (χ3v) is 3.97. The number of aromatic nitrogens is 2. The minimum Gasteiger partial charge on any atom is -0.316 e. The number of para-hydroxylation sites is 1. The van der Waals surface area contributed by atoms with Gasteiger partial charge in [-0.15, -0.1) is 0 Å². The first-order valence-electron chi connectivity index (χ1n) is 7.50. The van der Waals surface area contributed by atoms with Crippen LogP contribution in [0.3, 0.4) is 0 Å². The number of carbonyl (C=O) groups excluding carboxylic acids is 1. The molecule has 0 saturated carbocycles. The Morgan fingerprint density at radius 2 is 1.72 bits per heavy atom. The van der Waals surface area contributed by atoms with Gasteiger partial charge in [0, 0.05) is 12.6 Å². The summed E-state index contributed by atoms with van der Waals surface area (Å²) in [6.07, 6.45) is 0. The van der Waals surface area contributed by atoms with E-state index < -0.39 is 23.1 Å². The van der Waals surface area contributed by atoms with E-state index in [9.17, 15) is 18.4 Å². The van der Waals surface area contributed by atoms with E-state index in [0.717, 1.165) is 18.2 Å². The lowest BCUT2D eigenvalue weighted by Gasteiger charge is -2.07. The number of benzene rings is 2. The Labute approximate surface area is 142 Å². The van der Waals surface area contributed by atoms with Gasteiger partial charge in [0.15, 0.2) is 11.6 Å². The fourth-order valence-corrected chi connectivity index (χ4v) is 2.54. The van der Waals surface area contributed by atoms with Gasteiger partial charge in [-0.3, -0.25) is 14.3 Å². The molecule has 0 spiro atoms. The second-order valence-corrected chi connectivity index (χ2v) is 5.52. The highest BCUT2D eigenvalue weighted by molar-refractivity contribution is 6.04. The fourth-order valence-electron chi connectivity index (χ4n) is 2.54. The Balaban J connectivity index is 2.00. The predicted molar refractivity (Wildman–Crippen MR) is 90.1 cm³/mol. The van der Waals surface area contributed by atoms with Gasteiger partial charge in [-0.1, -0.05) is 18.2 Å². The van der Waals surface area contributed by atoms with Crippen molar-refractivity contribution in [1.29, 1.82) is 0 Å². The Hall–Kier alpha value is -3.22. The smallest absolute Gasteiger partial charge is 0.295 e. The Morgan fingerprint density at radius 1 is 1.04 bits per heavy atom. The number of hydrogen-bond acceptors (Lipinski definition) is 2. The third kappa shape index (κ3) is 2.96. The second kappa shape index (κ2) is 6.35. The zero-order valence-electron chi connectivity index (χ0n) is 13.6. The monoisotopic (exact) mass is 343 g/mol. The molecule has 0 saturated heterocycles. The number of rotatable bonds is 3. The third-order valence-electron chi connectivity index (χ3n) is 3.97. The van der Waals surface area contributed by atoms with Gasteiger partial charge in [0.1, 0.15) is 5.69 Å². The van der Waals surface area contributed by atoms with E-state index in [2.05, 4.69) is 5.32 Å². The highest BCUT2D eigenvalue weighted by Gasteiger charge is 2.19. The molecule has 1 heterocycles. The van der Waals surface area contributed by atoms with E-state index in [-0.39, 0.29) is 11.3 Å². The van der Waals surface area contributed by atoms with Crippen LogP contribution in [0.15, 0.2) is 53.3 Å². The van der Waals surface area contributed by atoms with Crippen molar-refractivity contribution in [1.82, 2.24) is 9.36 Å². The van der Waals surface area contributed by atoms with Gasteiger partial charge < -0.3 is 5.32 Å². The van der Waals surface area contributed by atoms with Crippen molar-refractivity contribution in [3.8, 4) is 5.69 Å². The molecule has 128 valence electrons. The molecule has 0 fully saturated rings. The maximum absolute atomic E-state index is 13.3. The number of nitrogens with one attached hydrogen (secondary N) is 1. The molecule has 0 atom stereocenters. The second-order valence-electron chi connectivity index (χ2n) is 5.52. The van der Waals surface area contributed by atoms with Crippen molar-refractivity contribution in [3.05, 3.63) is 81.8 Å². The summed E-state index contributed by atoms with van der Waals surface area (Å²) in [7, 11) is 1.69. The van der Waals surface area contributed by atoms with Gasteiger partial charge in [0.2, 0.25) is 0 Å². The molecular formula is C18H15F2N3O2. The van der Waals surface area contributed by atoms with E-state index in [1.165, 1.54) is 4.68 Å². The molecule has 1 amide bonds. The SMILES string of the molecule is Cc1c(NC(=O)c2ccc(F)c(F)c2)c(=O)n(-c2ccccc2)n1C. The lowest BCUT2D eigenvalue weighted by atomic mass is 10.2. The molecule has 0 bridgehead atoms. The van der Waals surface area contributed by atoms with Gasteiger partial charge in [0.05, 0.1) is 11.4 Å². The molecule has 3 aromatic rings. The van der Waals surface area contributed by atoms with Crippen molar-refractivity contribution in [3.63, 3.8) is 0 Å². The van der Waals surface area contributed by atoms with Crippen LogP contribution in [0.2, 0.25) is 0 Å². The van der Waals surface area contributed by atoms with Crippen LogP contribution in [0.5, 0.6) is 0 Å². The standard InChI is InChI=1S/C18H15F2N3O2/c1-11-16(21-17(24)12-8-9-14(19)15(20)10-12)18(25)23(22(11)2)13-6-4-3-5-7-13/h3-10H,1-2H3,(H,21,24). The predicted octanol–water partition coefficient (Wildman–Crippen LogP) is 3.01. The highest BCUT2D eigenvalue weighted by Crippen LogP contribution is 2.16. The number of carbonyl (C=O) groups is 1. The number of halogens is 2. The first-order valence-corrected chi connectivity index (χ1v) is 7.50. The molecule has 0 radical (unpaired) electrons. The largest absolute Gasteiger partial charge is 0.316 e. The zero-order chi connectivity index (χ0) is 18.1. The number of anilines is 1. The maximum Gasteiger partial charge on any atom is 0.295 e. The van der Waals surface area contributed by atoms with Crippen LogP contribution in [0.25, 0.3) is 5.69 Å². The quantitative estimate of drug-likeness (QED) is 0.795. The minimum atomic E-state index is -1.13. The molecule has 0 aliphatic carbocycles. The van der Waals surface area contributed by atoms with Crippen molar-refractivity contribution >= 4 is 11.6 Å². The minimum absolute atomic E-state index is 0.0761. The van der Waals surface area contributed by atoms with Crippen molar-refractivity contribution in [2.24, 2.45) is 7.05 Å². The van der Waals surface area contributed by atoms with E-state index in [0.29, 0.717) is 11.4 Å². The van der Waals surface area contributed by atoms with Crippen LogP contribution in [0.4, 0.5) is 14.5 Å². The highest BCUT2D eigenvalue weighted by atomic mass is 19.2. The molecular weight excluding hydrogens is 328 g/mol. The van der Waals surface area contributed by atoms with Gasteiger partial charge in [0.25, 0.3) is 11.5 Å². The van der Waals surface area contributed by atoms with Crippen molar-refractivity contribution < 1.29 is 13.6 Å². The van der Waals surface area contributed by atoms with E-state index in [4.69, 9.17) is 0 Å². The van der Waals surface area contributed by atoms with Crippen LogP contribution in [-0.2, 0) is 7.05 Å². The molecule has 0 aliphatic heterocycles. The van der Waals surface area contributed by atoms with E-state index in [1.807, 2.05) is 6.07 Å². The first kappa shape index (κ1) is 16.6. The van der Waals surface area contributed by atoms with Gasteiger partial charge in [-0.05, 0) is 37.3 Å². The summed E-state index contributed by atoms with van der Waals surface area (Å²) in [6, 6.07) is 11.8. The number of hydrogen-bond donors (Lipinski definition) is 1. The normalized spacial score (nSPS) is 10.7. The van der Waals surface area contributed by atoms with Gasteiger partial charge in [-0.25, -0.2) is 13.5 Å². The summed E-state index contributed by atoms with van der Waals surface area (Å²) in [5.74, 6) is -2.86. The van der Waals surface area contributed by atoms with Gasteiger partial charge in [-0.2, -0.15) is 0 Å². The topological polar surface area (TPSA) is 56.0 Å². The molecule has 1 aromatic heterocycles. The Kier molecular flexibility index (Phi) is 4.22. The molecule has 5 nitrogen and oxygen atoms in total. The first-order chi connectivity index (χ1) is 11.9. The van der Waals surface area contributed by atoms with E-state index >= 15 is 0 Å². The molecule has 1 N–H and O–H groups in total. The lowest BCUT2D eigenvalue weighted by molar-refractivity contribution is 0.102. The maximum atomic E-state index is 13.3. The molecule has 3 rings (SSSR count). The van der Waals surface area contributed by atoms with Crippen LogP contribution in [-0.4, -0.2) is 15.3 Å². The Bertz CT molecular complexity index is 1010. The lowest BCUT2D eigenvalue weighted by Crippen LogP contribution is -2.23. The van der Waals surface area contributed by atoms with Crippen molar-refractivity contribution in [2.45, 2.75) is 6.92 Å². The van der Waals surface area contributed by atoms with Crippen LogP contribution < -0.4 is 10.9 Å². The molecule has 0 unspecified atom stereocenters. The van der Waals surface area contributed by atoms with Crippen LogP contribution in [0, 0.1) is 18.6 Å². The van der Waals surface area contributed by atoms with Crippen LogP contribution in [0.1, 0.15) is 16.1 Å². The average Bonchev–Trinajstić information content (AvgIpc) is 2.81. The van der Waals surface area contributed by atoms with Crippen LogP contribution >= 0.6 is 0 Å². The Morgan fingerprint density at radius 3 is 2.36 bits per heavy atom.